The molecule has 3 heterocycles. The van der Waals surface area contributed by atoms with Crippen LogP contribution in [-0.2, 0) is 5.41 Å². The quantitative estimate of drug-likeness (QED) is 0.179. The Hall–Kier alpha value is -6.66. The van der Waals surface area contributed by atoms with E-state index in [-0.39, 0.29) is 0 Å². The molecule has 1 aliphatic carbocycles. The molecule has 0 atom stereocenters. The lowest BCUT2D eigenvalue weighted by Gasteiger charge is -2.40. The number of benzene rings is 8. The van der Waals surface area contributed by atoms with Gasteiger partial charge in [0.1, 0.15) is 0 Å². The molecule has 8 aromatic carbocycles. The molecule has 266 valence electrons. The Kier molecular flexibility index (Phi) is 7.25. The highest BCUT2D eigenvalue weighted by Gasteiger charge is 2.50. The molecule has 12 rings (SSSR count). The zero-order valence-electron chi connectivity index (χ0n) is 30.6. The molecule has 2 aromatic heterocycles. The number of rotatable bonds is 4. The minimum atomic E-state index is -0.422. The lowest BCUT2D eigenvalue weighted by atomic mass is 9.67. The normalized spacial score (nSPS) is 13.3. The fourth-order valence-corrected chi connectivity index (χ4v) is 11.8. The predicted molar refractivity (Wildman–Crippen MR) is 236 cm³/mol. The van der Waals surface area contributed by atoms with Crippen molar-refractivity contribution in [3.8, 4) is 56.4 Å². The van der Waals surface area contributed by atoms with Crippen LogP contribution in [0.15, 0.2) is 198 Å². The zero-order chi connectivity index (χ0) is 37.5. The van der Waals surface area contributed by atoms with Crippen molar-refractivity contribution in [2.75, 3.05) is 0 Å². The van der Waals surface area contributed by atoms with Crippen LogP contribution in [0.3, 0.4) is 0 Å². The van der Waals surface area contributed by atoms with Crippen molar-refractivity contribution in [1.82, 2.24) is 15.0 Å². The number of thiophene rings is 1. The highest BCUT2D eigenvalue weighted by molar-refractivity contribution is 7.99. The average Bonchev–Trinajstić information content (AvgIpc) is 3.82. The minimum Gasteiger partial charge on any atom is -0.208 e. The van der Waals surface area contributed by atoms with E-state index < -0.39 is 5.41 Å². The van der Waals surface area contributed by atoms with E-state index in [0.717, 1.165) is 22.3 Å². The van der Waals surface area contributed by atoms with Gasteiger partial charge in [-0.3, -0.25) is 0 Å². The Bertz CT molecular complexity index is 3160. The van der Waals surface area contributed by atoms with Crippen molar-refractivity contribution in [3.63, 3.8) is 0 Å². The van der Waals surface area contributed by atoms with E-state index in [0.29, 0.717) is 17.5 Å². The first-order valence-electron chi connectivity index (χ1n) is 19.2. The van der Waals surface area contributed by atoms with Gasteiger partial charge in [0, 0.05) is 46.7 Å². The average molecular weight is 762 g/mol. The molecule has 0 radical (unpaired) electrons. The first kappa shape index (κ1) is 32.6. The molecule has 5 heteroatoms. The number of hydrogen-bond acceptors (Lipinski definition) is 5. The van der Waals surface area contributed by atoms with E-state index in [1.54, 1.807) is 0 Å². The van der Waals surface area contributed by atoms with Gasteiger partial charge < -0.3 is 0 Å². The van der Waals surface area contributed by atoms with Gasteiger partial charge in [0.15, 0.2) is 17.5 Å². The van der Waals surface area contributed by atoms with Gasteiger partial charge in [0.25, 0.3) is 0 Å². The third-order valence-corrected chi connectivity index (χ3v) is 14.0. The van der Waals surface area contributed by atoms with Gasteiger partial charge in [-0.25, -0.2) is 15.0 Å². The van der Waals surface area contributed by atoms with Gasteiger partial charge in [-0.05, 0) is 62.7 Å². The molecule has 57 heavy (non-hydrogen) atoms. The highest BCUT2D eigenvalue weighted by Crippen LogP contribution is 2.63. The molecule has 10 aromatic rings. The van der Waals surface area contributed by atoms with Crippen molar-refractivity contribution in [2.45, 2.75) is 15.2 Å². The van der Waals surface area contributed by atoms with Crippen LogP contribution in [0.4, 0.5) is 0 Å². The summed E-state index contributed by atoms with van der Waals surface area (Å²) >= 11 is 3.74. The molecule has 2 aliphatic rings. The first-order chi connectivity index (χ1) is 28.3. The summed E-state index contributed by atoms with van der Waals surface area (Å²) in [6.07, 6.45) is 0. The molecule has 0 fully saturated rings. The summed E-state index contributed by atoms with van der Waals surface area (Å²) in [6, 6.07) is 67.6. The van der Waals surface area contributed by atoms with Crippen molar-refractivity contribution >= 4 is 43.3 Å². The van der Waals surface area contributed by atoms with Crippen molar-refractivity contribution < 1.29 is 0 Å². The van der Waals surface area contributed by atoms with Gasteiger partial charge in [0.2, 0.25) is 0 Å². The summed E-state index contributed by atoms with van der Waals surface area (Å²) in [5, 5.41) is 2.52. The van der Waals surface area contributed by atoms with E-state index in [9.17, 15) is 0 Å². The molecule has 1 aliphatic heterocycles. The Morgan fingerprint density at radius 3 is 1.60 bits per heavy atom. The molecule has 0 saturated carbocycles. The highest BCUT2D eigenvalue weighted by atomic mass is 32.2. The monoisotopic (exact) mass is 761 g/mol. The maximum absolute atomic E-state index is 5.23. The SMILES string of the molecule is c1ccc(-c2ccc(-c3nc(-c4ccccc4)nc(-c4cccc5c4sc4ccc6c(c45)Sc4ccccc4C64c5ccccc5-c5ccccc54)n3)cc2)cc1. The van der Waals surface area contributed by atoms with Crippen molar-refractivity contribution in [3.05, 3.63) is 210 Å². The largest absolute Gasteiger partial charge is 0.208 e. The number of nitrogens with zero attached hydrogens (tertiary/aromatic N) is 3. The van der Waals surface area contributed by atoms with E-state index in [4.69, 9.17) is 15.0 Å². The van der Waals surface area contributed by atoms with E-state index in [1.165, 1.54) is 68.9 Å². The van der Waals surface area contributed by atoms with Gasteiger partial charge in [-0.1, -0.05) is 182 Å². The maximum Gasteiger partial charge on any atom is 0.165 e. The summed E-state index contributed by atoms with van der Waals surface area (Å²) in [7, 11) is 0. The third kappa shape index (κ3) is 4.83. The summed E-state index contributed by atoms with van der Waals surface area (Å²) in [5.41, 5.74) is 12.8. The number of fused-ring (bicyclic) bond motifs is 13. The topological polar surface area (TPSA) is 38.7 Å². The van der Waals surface area contributed by atoms with Crippen LogP contribution < -0.4 is 0 Å². The van der Waals surface area contributed by atoms with E-state index in [2.05, 4.69) is 164 Å². The summed E-state index contributed by atoms with van der Waals surface area (Å²) in [6.45, 7) is 0. The van der Waals surface area contributed by atoms with Crippen LogP contribution in [0.25, 0.3) is 76.6 Å². The second kappa shape index (κ2) is 12.7. The summed E-state index contributed by atoms with van der Waals surface area (Å²) in [4.78, 5) is 18.1. The molecule has 0 bridgehead atoms. The van der Waals surface area contributed by atoms with Gasteiger partial charge in [0.05, 0.1) is 5.41 Å². The molecular formula is C52H31N3S2. The Labute approximate surface area is 338 Å². The van der Waals surface area contributed by atoms with Crippen LogP contribution in [0.5, 0.6) is 0 Å². The summed E-state index contributed by atoms with van der Waals surface area (Å²) in [5.74, 6) is 1.98. The fraction of sp³-hybridized carbons (Fsp3) is 0.0192. The molecular weight excluding hydrogens is 731 g/mol. The van der Waals surface area contributed by atoms with E-state index >= 15 is 0 Å². The molecule has 0 N–H and O–H groups in total. The predicted octanol–water partition coefficient (Wildman–Crippen LogP) is 13.7. The summed E-state index contributed by atoms with van der Waals surface area (Å²) < 4.78 is 2.43. The Morgan fingerprint density at radius 2 is 0.895 bits per heavy atom. The lowest BCUT2D eigenvalue weighted by molar-refractivity contribution is 0.726. The number of hydrogen-bond donors (Lipinski definition) is 0. The van der Waals surface area contributed by atoms with Gasteiger partial charge >= 0.3 is 0 Å². The maximum atomic E-state index is 5.23. The lowest BCUT2D eigenvalue weighted by Crippen LogP contribution is -2.31. The molecule has 3 nitrogen and oxygen atoms in total. The Morgan fingerprint density at radius 1 is 0.368 bits per heavy atom. The number of aromatic nitrogens is 3. The second-order valence-electron chi connectivity index (χ2n) is 14.7. The third-order valence-electron chi connectivity index (χ3n) is 11.6. The van der Waals surface area contributed by atoms with Gasteiger partial charge in [-0.15, -0.1) is 11.3 Å². The van der Waals surface area contributed by atoms with Crippen molar-refractivity contribution in [1.29, 1.82) is 0 Å². The van der Waals surface area contributed by atoms with Crippen molar-refractivity contribution in [2.24, 2.45) is 0 Å². The molecule has 0 unspecified atom stereocenters. The minimum absolute atomic E-state index is 0.422. The van der Waals surface area contributed by atoms with E-state index in [1.807, 2.05) is 47.4 Å². The smallest absolute Gasteiger partial charge is 0.165 e. The van der Waals surface area contributed by atoms with Crippen LogP contribution in [-0.4, -0.2) is 15.0 Å². The zero-order valence-corrected chi connectivity index (χ0v) is 32.2. The molecule has 0 saturated heterocycles. The standard InChI is InChI=1S/C52H31N3S2/c1-3-14-32(15-4-1)33-26-28-35(29-27-33)50-53-49(34-16-5-2-6-17-34)54-51(55-50)39-21-13-20-38-46-45(57-47(38)39)31-30-43-48(46)56-44-25-12-11-24-42(44)52(43)40-22-9-7-18-36(40)37-19-8-10-23-41(37)52/h1-31H. The second-order valence-corrected chi connectivity index (χ2v) is 16.8. The van der Waals surface area contributed by atoms with Gasteiger partial charge in [-0.2, -0.15) is 0 Å². The fourth-order valence-electron chi connectivity index (χ4n) is 9.16. The molecule has 0 amide bonds. The van der Waals surface area contributed by atoms with Crippen LogP contribution in [0, 0.1) is 0 Å². The molecule has 1 spiro atoms. The van der Waals surface area contributed by atoms with Crippen LogP contribution in [0.1, 0.15) is 22.3 Å². The van der Waals surface area contributed by atoms with Crippen LogP contribution in [0.2, 0.25) is 0 Å². The first-order valence-corrected chi connectivity index (χ1v) is 20.8. The Balaban J connectivity index is 1.08. The van der Waals surface area contributed by atoms with Crippen LogP contribution >= 0.6 is 23.1 Å².